The number of nitrogens with one attached hydrogen (secondary N) is 1. The van der Waals surface area contributed by atoms with E-state index in [1.807, 2.05) is 42.5 Å². The van der Waals surface area contributed by atoms with Gasteiger partial charge in [-0.1, -0.05) is 30.2 Å². The van der Waals surface area contributed by atoms with Gasteiger partial charge >= 0.3 is 0 Å². The Morgan fingerprint density at radius 1 is 1.03 bits per heavy atom. The summed E-state index contributed by atoms with van der Waals surface area (Å²) >= 11 is 1.67. The maximum atomic E-state index is 11.9. The van der Waals surface area contributed by atoms with E-state index in [9.17, 15) is 8.42 Å². The first-order chi connectivity index (χ1) is 15.0. The average molecular weight is 448 g/mol. The zero-order chi connectivity index (χ0) is 21.8. The lowest BCUT2D eigenvalue weighted by Crippen LogP contribution is -2.23. The molecule has 0 aliphatic carbocycles. The lowest BCUT2D eigenvalue weighted by molar-refractivity contribution is 0.588. The smallest absolute Gasteiger partial charge is 0.240 e. The Labute approximate surface area is 186 Å². The van der Waals surface area contributed by atoms with Gasteiger partial charge in [-0.3, -0.25) is 0 Å². The first kappa shape index (κ1) is 21.1. The third-order valence-corrected chi connectivity index (χ3v) is 7.45. The van der Waals surface area contributed by atoms with E-state index in [-0.39, 0.29) is 4.90 Å². The molecule has 3 aromatic carbocycles. The standard InChI is InChI=1S/C24H21N3O2S2/c1-3-16-27(17-18-8-14-21(15-9-18)31(28,29)25-2)20-12-10-19(11-13-20)24-26-22-6-4-5-7-23(22)30-24/h1,4-15,25H,16-17H2,2H3. The van der Waals surface area contributed by atoms with Crippen LogP contribution in [-0.2, 0) is 16.6 Å². The minimum absolute atomic E-state index is 0.238. The van der Waals surface area contributed by atoms with Crippen molar-refractivity contribution in [1.29, 1.82) is 0 Å². The van der Waals surface area contributed by atoms with E-state index in [0.29, 0.717) is 13.1 Å². The molecule has 0 saturated carbocycles. The molecule has 7 heteroatoms. The van der Waals surface area contributed by atoms with Crippen LogP contribution in [0.25, 0.3) is 20.8 Å². The first-order valence-electron chi connectivity index (χ1n) is 9.67. The largest absolute Gasteiger partial charge is 0.356 e. The summed E-state index contributed by atoms with van der Waals surface area (Å²) < 4.78 is 27.3. The van der Waals surface area contributed by atoms with Crippen LogP contribution in [0.4, 0.5) is 5.69 Å². The second-order valence-electron chi connectivity index (χ2n) is 6.95. The molecule has 4 aromatic rings. The van der Waals surface area contributed by atoms with Crippen LogP contribution in [0, 0.1) is 12.3 Å². The molecule has 31 heavy (non-hydrogen) atoms. The fourth-order valence-electron chi connectivity index (χ4n) is 3.27. The monoisotopic (exact) mass is 447 g/mol. The van der Waals surface area contributed by atoms with Crippen molar-refractivity contribution in [3.63, 3.8) is 0 Å². The minimum Gasteiger partial charge on any atom is -0.356 e. The predicted octanol–water partition coefficient (Wildman–Crippen LogP) is 4.51. The number of fused-ring (bicyclic) bond motifs is 1. The molecule has 0 aliphatic heterocycles. The van der Waals surface area contributed by atoms with Crippen molar-refractivity contribution in [2.75, 3.05) is 18.5 Å². The van der Waals surface area contributed by atoms with E-state index in [1.165, 1.54) is 11.7 Å². The predicted molar refractivity (Wildman–Crippen MR) is 128 cm³/mol. The summed E-state index contributed by atoms with van der Waals surface area (Å²) in [7, 11) is -2.05. The van der Waals surface area contributed by atoms with Gasteiger partial charge in [0.1, 0.15) is 5.01 Å². The maximum absolute atomic E-state index is 11.9. The van der Waals surface area contributed by atoms with E-state index >= 15 is 0 Å². The van der Waals surface area contributed by atoms with Crippen molar-refractivity contribution in [3.05, 3.63) is 78.4 Å². The highest BCUT2D eigenvalue weighted by Gasteiger charge is 2.12. The molecule has 1 N–H and O–H groups in total. The van der Waals surface area contributed by atoms with Crippen LogP contribution in [0.5, 0.6) is 0 Å². The Kier molecular flexibility index (Phi) is 6.05. The van der Waals surface area contributed by atoms with Gasteiger partial charge in [-0.05, 0) is 61.1 Å². The van der Waals surface area contributed by atoms with Gasteiger partial charge in [0.2, 0.25) is 10.0 Å². The van der Waals surface area contributed by atoms with Crippen LogP contribution in [0.1, 0.15) is 5.56 Å². The summed E-state index contributed by atoms with van der Waals surface area (Å²) in [4.78, 5) is 7.03. The zero-order valence-electron chi connectivity index (χ0n) is 16.9. The Hall–Kier alpha value is -3.18. The highest BCUT2D eigenvalue weighted by molar-refractivity contribution is 7.89. The lowest BCUT2D eigenvalue weighted by Gasteiger charge is -2.23. The van der Waals surface area contributed by atoms with Crippen molar-refractivity contribution in [3.8, 4) is 22.9 Å². The Morgan fingerprint density at radius 2 is 1.74 bits per heavy atom. The first-order valence-corrected chi connectivity index (χ1v) is 12.0. The van der Waals surface area contributed by atoms with Gasteiger partial charge in [-0.25, -0.2) is 18.1 Å². The van der Waals surface area contributed by atoms with Gasteiger partial charge in [0.25, 0.3) is 0 Å². The molecule has 0 amide bonds. The van der Waals surface area contributed by atoms with Crippen LogP contribution in [-0.4, -0.2) is 27.0 Å². The second kappa shape index (κ2) is 8.90. The molecular formula is C24H21N3O2S2. The third-order valence-electron chi connectivity index (χ3n) is 4.93. The number of aromatic nitrogens is 1. The van der Waals surface area contributed by atoms with Gasteiger partial charge in [0.05, 0.1) is 21.7 Å². The third kappa shape index (κ3) is 4.62. The van der Waals surface area contributed by atoms with Gasteiger partial charge in [-0.15, -0.1) is 17.8 Å². The fourth-order valence-corrected chi connectivity index (χ4v) is 4.97. The van der Waals surface area contributed by atoms with Crippen LogP contribution in [0.3, 0.4) is 0 Å². The molecule has 0 fully saturated rings. The molecule has 1 heterocycles. The number of hydrogen-bond donors (Lipinski definition) is 1. The van der Waals surface area contributed by atoms with E-state index in [2.05, 4.69) is 33.7 Å². The fraction of sp³-hybridized carbons (Fsp3) is 0.125. The summed E-state index contributed by atoms with van der Waals surface area (Å²) in [6.45, 7) is 1.02. The Bertz CT molecular complexity index is 1300. The summed E-state index contributed by atoms with van der Waals surface area (Å²) in [5, 5.41) is 0.984. The van der Waals surface area contributed by atoms with Crippen LogP contribution < -0.4 is 9.62 Å². The maximum Gasteiger partial charge on any atom is 0.240 e. The SMILES string of the molecule is C#CCN(Cc1ccc(S(=O)(=O)NC)cc1)c1ccc(-c2nc3ccccc3s2)cc1. The number of terminal acetylenes is 1. The number of anilines is 1. The molecule has 5 nitrogen and oxygen atoms in total. The van der Waals surface area contributed by atoms with E-state index < -0.39 is 10.0 Å². The van der Waals surface area contributed by atoms with Crippen molar-refractivity contribution in [1.82, 2.24) is 9.71 Å². The highest BCUT2D eigenvalue weighted by Crippen LogP contribution is 2.31. The Balaban J connectivity index is 1.55. The highest BCUT2D eigenvalue weighted by atomic mass is 32.2. The average Bonchev–Trinajstić information content (AvgIpc) is 3.24. The quantitative estimate of drug-likeness (QED) is 0.424. The number of nitrogens with zero attached hydrogens (tertiary/aromatic N) is 2. The Morgan fingerprint density at radius 3 is 2.39 bits per heavy atom. The number of thiazole rings is 1. The summed E-state index contributed by atoms with van der Waals surface area (Å²) in [5.41, 5.74) is 4.03. The summed E-state index contributed by atoms with van der Waals surface area (Å²) in [6.07, 6.45) is 5.60. The second-order valence-corrected chi connectivity index (χ2v) is 9.86. The molecule has 0 atom stereocenters. The molecule has 0 radical (unpaired) electrons. The molecule has 0 saturated heterocycles. The van der Waals surface area contributed by atoms with Crippen molar-refractivity contribution < 1.29 is 8.42 Å². The number of hydrogen-bond acceptors (Lipinski definition) is 5. The van der Waals surface area contributed by atoms with Crippen molar-refractivity contribution >= 4 is 37.3 Å². The lowest BCUT2D eigenvalue weighted by atomic mass is 10.1. The number of benzene rings is 3. The summed E-state index contributed by atoms with van der Waals surface area (Å²) in [5.74, 6) is 2.71. The molecule has 0 unspecified atom stereocenters. The van der Waals surface area contributed by atoms with Gasteiger partial charge in [-0.2, -0.15) is 0 Å². The van der Waals surface area contributed by atoms with Gasteiger partial charge in [0.15, 0.2) is 0 Å². The molecule has 0 spiro atoms. The van der Waals surface area contributed by atoms with Crippen LogP contribution >= 0.6 is 11.3 Å². The van der Waals surface area contributed by atoms with Crippen molar-refractivity contribution in [2.24, 2.45) is 0 Å². The molecule has 0 bridgehead atoms. The van der Waals surface area contributed by atoms with Crippen LogP contribution in [0.15, 0.2) is 77.7 Å². The topological polar surface area (TPSA) is 62.3 Å². The number of rotatable bonds is 7. The zero-order valence-corrected chi connectivity index (χ0v) is 18.6. The van der Waals surface area contributed by atoms with Gasteiger partial charge in [0, 0.05) is 17.8 Å². The normalized spacial score (nSPS) is 11.4. The summed E-state index contributed by atoms with van der Waals surface area (Å²) in [6, 6.07) is 23.1. The molecular weight excluding hydrogens is 426 g/mol. The van der Waals surface area contributed by atoms with Crippen LogP contribution in [0.2, 0.25) is 0 Å². The molecule has 1 aromatic heterocycles. The van der Waals surface area contributed by atoms with E-state index in [0.717, 1.165) is 27.3 Å². The minimum atomic E-state index is -3.45. The molecule has 0 aliphatic rings. The number of sulfonamides is 1. The van der Waals surface area contributed by atoms with Gasteiger partial charge < -0.3 is 4.90 Å². The molecule has 156 valence electrons. The van der Waals surface area contributed by atoms with E-state index in [4.69, 9.17) is 11.4 Å². The number of para-hydroxylation sites is 1. The molecule has 4 rings (SSSR count). The van der Waals surface area contributed by atoms with E-state index in [1.54, 1.807) is 23.5 Å². The van der Waals surface area contributed by atoms with Crippen molar-refractivity contribution in [2.45, 2.75) is 11.4 Å².